The van der Waals surface area contributed by atoms with E-state index in [9.17, 15) is 9.59 Å². The lowest BCUT2D eigenvalue weighted by Gasteiger charge is -2.21. The van der Waals surface area contributed by atoms with Crippen molar-refractivity contribution in [1.29, 1.82) is 0 Å². The summed E-state index contributed by atoms with van der Waals surface area (Å²) in [6, 6.07) is 11.7. The zero-order chi connectivity index (χ0) is 19.4. The predicted octanol–water partition coefficient (Wildman–Crippen LogP) is 3.85. The molecule has 3 rings (SSSR count). The van der Waals surface area contributed by atoms with Crippen molar-refractivity contribution in [2.45, 2.75) is 25.8 Å². The molecule has 2 amide bonds. The molecule has 2 aromatic carbocycles. The van der Waals surface area contributed by atoms with E-state index in [1.165, 1.54) is 11.6 Å². The molecular formula is C19H18Cl2N4O2. The van der Waals surface area contributed by atoms with E-state index in [0.29, 0.717) is 15.7 Å². The van der Waals surface area contributed by atoms with Gasteiger partial charge >= 0.3 is 0 Å². The third-order valence-electron chi connectivity index (χ3n) is 4.04. The molecule has 6 nitrogen and oxygen atoms in total. The number of rotatable bonds is 4. The van der Waals surface area contributed by atoms with Crippen molar-refractivity contribution in [2.75, 3.05) is 10.6 Å². The molecule has 0 fully saturated rings. The second kappa shape index (κ2) is 8.41. The van der Waals surface area contributed by atoms with Crippen molar-refractivity contribution < 1.29 is 9.59 Å². The van der Waals surface area contributed by atoms with Crippen LogP contribution in [0.2, 0.25) is 10.0 Å². The maximum Gasteiger partial charge on any atom is 0.249 e. The Labute approximate surface area is 167 Å². The van der Waals surface area contributed by atoms with E-state index < -0.39 is 11.9 Å². The molecule has 0 saturated carbocycles. The van der Waals surface area contributed by atoms with Gasteiger partial charge in [-0.05, 0) is 42.3 Å². The minimum atomic E-state index is -0.858. The lowest BCUT2D eigenvalue weighted by atomic mass is 10.1. The van der Waals surface area contributed by atoms with E-state index in [4.69, 9.17) is 23.2 Å². The Morgan fingerprint density at radius 1 is 1.22 bits per heavy atom. The fraction of sp³-hybridized carbons (Fsp3) is 0.211. The number of hydrogen-bond acceptors (Lipinski definition) is 4. The van der Waals surface area contributed by atoms with Gasteiger partial charge < -0.3 is 10.6 Å². The van der Waals surface area contributed by atoms with Crippen molar-refractivity contribution in [2.24, 2.45) is 4.99 Å². The summed E-state index contributed by atoms with van der Waals surface area (Å²) in [6.07, 6.45) is 0.893. The summed E-state index contributed by atoms with van der Waals surface area (Å²) in [5.41, 5.74) is 2.39. The first-order chi connectivity index (χ1) is 12.9. The molecule has 1 atom stereocenters. The number of hydrogen-bond donors (Lipinski definition) is 3. The number of aryl methyl sites for hydroxylation is 1. The molecule has 1 heterocycles. The number of nitrogens with one attached hydrogen (secondary N) is 3. The van der Waals surface area contributed by atoms with Gasteiger partial charge in [-0.1, -0.05) is 42.3 Å². The van der Waals surface area contributed by atoms with Crippen LogP contribution in [0, 0.1) is 0 Å². The van der Waals surface area contributed by atoms with Crippen LogP contribution in [0.4, 0.5) is 11.4 Å². The quantitative estimate of drug-likeness (QED) is 0.723. The first-order valence-electron chi connectivity index (χ1n) is 8.44. The molecule has 3 N–H and O–H groups in total. The normalized spacial score (nSPS) is 16.3. The average molecular weight is 405 g/mol. The summed E-state index contributed by atoms with van der Waals surface area (Å²) in [5, 5.41) is 9.13. The number of anilines is 2. The van der Waals surface area contributed by atoms with E-state index in [2.05, 4.69) is 27.9 Å². The fourth-order valence-electron chi connectivity index (χ4n) is 2.57. The molecule has 0 aliphatic carbocycles. The monoisotopic (exact) mass is 404 g/mol. The molecule has 0 aromatic heterocycles. The van der Waals surface area contributed by atoms with Gasteiger partial charge in [-0.25, -0.2) is 4.99 Å². The van der Waals surface area contributed by atoms with Crippen LogP contribution >= 0.6 is 23.2 Å². The highest BCUT2D eigenvalue weighted by Crippen LogP contribution is 2.26. The molecule has 0 saturated heterocycles. The van der Waals surface area contributed by atoms with Gasteiger partial charge in [0.25, 0.3) is 0 Å². The summed E-state index contributed by atoms with van der Waals surface area (Å²) in [7, 11) is 0. The lowest BCUT2D eigenvalue weighted by Crippen LogP contribution is -2.45. The van der Waals surface area contributed by atoms with Crippen LogP contribution in [0.15, 0.2) is 47.5 Å². The third-order valence-corrected chi connectivity index (χ3v) is 4.59. The Balaban J connectivity index is 1.72. The highest BCUT2D eigenvalue weighted by atomic mass is 35.5. The SMILES string of the molecule is CCc1ccc(NC2=NC(C(=O)Nc3ccc(Cl)cc3Cl)CC(=O)N2)cc1. The molecule has 1 aliphatic rings. The molecule has 0 radical (unpaired) electrons. The molecule has 140 valence electrons. The van der Waals surface area contributed by atoms with Crippen LogP contribution in [0.5, 0.6) is 0 Å². The van der Waals surface area contributed by atoms with Crippen molar-refractivity contribution in [3.05, 3.63) is 58.1 Å². The maximum atomic E-state index is 12.5. The second-order valence-corrected chi connectivity index (χ2v) is 6.88. The summed E-state index contributed by atoms with van der Waals surface area (Å²) in [4.78, 5) is 28.8. The second-order valence-electron chi connectivity index (χ2n) is 6.03. The number of benzene rings is 2. The number of aliphatic imine (C=N–C) groups is 1. The number of nitrogens with zero attached hydrogens (tertiary/aromatic N) is 1. The molecule has 1 unspecified atom stereocenters. The van der Waals surface area contributed by atoms with Crippen LogP contribution in [0.25, 0.3) is 0 Å². The van der Waals surface area contributed by atoms with Gasteiger partial charge in [-0.15, -0.1) is 0 Å². The van der Waals surface area contributed by atoms with Gasteiger partial charge in [-0.3, -0.25) is 14.9 Å². The summed E-state index contributed by atoms with van der Waals surface area (Å²) < 4.78 is 0. The van der Waals surface area contributed by atoms with Gasteiger partial charge in [-0.2, -0.15) is 0 Å². The molecule has 27 heavy (non-hydrogen) atoms. The van der Waals surface area contributed by atoms with E-state index in [1.54, 1.807) is 12.1 Å². The van der Waals surface area contributed by atoms with Gasteiger partial charge in [0.15, 0.2) is 0 Å². The van der Waals surface area contributed by atoms with E-state index >= 15 is 0 Å². The molecular weight excluding hydrogens is 387 g/mol. The number of halogens is 2. The fourth-order valence-corrected chi connectivity index (χ4v) is 3.03. The Hall–Kier alpha value is -2.57. The summed E-state index contributed by atoms with van der Waals surface area (Å²) >= 11 is 11.9. The summed E-state index contributed by atoms with van der Waals surface area (Å²) in [5.74, 6) is -0.479. The molecule has 8 heteroatoms. The molecule has 1 aliphatic heterocycles. The van der Waals surface area contributed by atoms with Crippen LogP contribution in [-0.4, -0.2) is 23.8 Å². The number of carbonyl (C=O) groups is 2. The van der Waals surface area contributed by atoms with Gasteiger partial charge in [0.2, 0.25) is 17.8 Å². The highest BCUT2D eigenvalue weighted by Gasteiger charge is 2.27. The molecule has 0 bridgehead atoms. The van der Waals surface area contributed by atoms with Crippen LogP contribution in [-0.2, 0) is 16.0 Å². The zero-order valence-corrected chi connectivity index (χ0v) is 16.1. The van der Waals surface area contributed by atoms with Crippen molar-refractivity contribution in [1.82, 2.24) is 5.32 Å². The Bertz CT molecular complexity index is 897. The first-order valence-corrected chi connectivity index (χ1v) is 9.19. The molecule has 0 spiro atoms. The Kier molecular flexibility index (Phi) is 5.98. The largest absolute Gasteiger partial charge is 0.326 e. The minimum absolute atomic E-state index is 0.0446. The van der Waals surface area contributed by atoms with Gasteiger partial charge in [0.1, 0.15) is 6.04 Å². The minimum Gasteiger partial charge on any atom is -0.326 e. The Morgan fingerprint density at radius 3 is 2.63 bits per heavy atom. The Morgan fingerprint density at radius 2 is 1.96 bits per heavy atom. The first kappa shape index (κ1) is 19.2. The topological polar surface area (TPSA) is 82.6 Å². The smallest absolute Gasteiger partial charge is 0.249 e. The maximum absolute atomic E-state index is 12.5. The zero-order valence-electron chi connectivity index (χ0n) is 14.6. The predicted molar refractivity (Wildman–Crippen MR) is 109 cm³/mol. The van der Waals surface area contributed by atoms with Crippen LogP contribution in [0.1, 0.15) is 18.9 Å². The van der Waals surface area contributed by atoms with E-state index in [0.717, 1.165) is 12.1 Å². The van der Waals surface area contributed by atoms with Crippen LogP contribution < -0.4 is 16.0 Å². The number of guanidine groups is 1. The van der Waals surface area contributed by atoms with Gasteiger partial charge in [0, 0.05) is 10.7 Å². The number of amides is 2. The van der Waals surface area contributed by atoms with E-state index in [-0.39, 0.29) is 18.3 Å². The van der Waals surface area contributed by atoms with Gasteiger partial charge in [0.05, 0.1) is 17.1 Å². The molecule has 2 aromatic rings. The van der Waals surface area contributed by atoms with E-state index in [1.807, 2.05) is 24.3 Å². The summed E-state index contributed by atoms with van der Waals surface area (Å²) in [6.45, 7) is 2.07. The average Bonchev–Trinajstić information content (AvgIpc) is 2.64. The number of carbonyl (C=O) groups excluding carboxylic acids is 2. The standard InChI is InChI=1S/C19H18Cl2N4O2/c1-2-11-3-6-13(7-4-11)22-19-24-16(10-17(26)25-19)18(27)23-15-8-5-12(20)9-14(15)21/h3-9,16H,2,10H2,1H3,(H,23,27)(H2,22,24,25,26). The van der Waals surface area contributed by atoms with Crippen LogP contribution in [0.3, 0.4) is 0 Å². The lowest BCUT2D eigenvalue weighted by molar-refractivity contribution is -0.124. The highest BCUT2D eigenvalue weighted by molar-refractivity contribution is 6.36. The third kappa shape index (κ3) is 4.99. The van der Waals surface area contributed by atoms with Crippen molar-refractivity contribution in [3.63, 3.8) is 0 Å². The van der Waals surface area contributed by atoms with Crippen molar-refractivity contribution in [3.8, 4) is 0 Å². The van der Waals surface area contributed by atoms with Crippen molar-refractivity contribution >= 4 is 52.4 Å².